The molecule has 2 fully saturated rings. The van der Waals surface area contributed by atoms with Crippen molar-refractivity contribution in [2.75, 3.05) is 0 Å². The number of carbonyl (C=O) groups is 1. The summed E-state index contributed by atoms with van der Waals surface area (Å²) in [6, 6.07) is 0.260. The van der Waals surface area contributed by atoms with Gasteiger partial charge in [0.15, 0.2) is 0 Å². The molecule has 5 unspecified atom stereocenters. The second-order valence-corrected chi connectivity index (χ2v) is 6.47. The fourth-order valence-electron chi connectivity index (χ4n) is 3.85. The molecule has 2 rings (SSSR count). The zero-order valence-corrected chi connectivity index (χ0v) is 12.1. The van der Waals surface area contributed by atoms with Crippen molar-refractivity contribution < 1.29 is 4.79 Å². The molecule has 4 heteroatoms. The summed E-state index contributed by atoms with van der Waals surface area (Å²) in [4.78, 5) is 12.4. The maximum Gasteiger partial charge on any atom is 0.230 e. The Morgan fingerprint density at radius 3 is 2.61 bits per heavy atom. The second-order valence-electron chi connectivity index (χ2n) is 6.00. The van der Waals surface area contributed by atoms with Gasteiger partial charge in [-0.25, -0.2) is 0 Å². The minimum atomic E-state index is -0.305. The predicted molar refractivity (Wildman–Crippen MR) is 77.1 cm³/mol. The minimum absolute atomic E-state index is 0.0141. The van der Waals surface area contributed by atoms with Crippen LogP contribution in [0.3, 0.4) is 0 Å². The van der Waals surface area contributed by atoms with Gasteiger partial charge in [-0.2, -0.15) is 0 Å². The van der Waals surface area contributed by atoms with Crippen molar-refractivity contribution in [1.29, 1.82) is 0 Å². The highest BCUT2D eigenvalue weighted by Gasteiger charge is 2.42. The standard InChI is InChI=1S/C14H24N2OS/c1-3-11(13(15)18)14(17)16-8(2)12-7-9-4-5-10(12)6-9/h8-12H,3-7H2,1-2H3,(H2,15,18)(H,16,17). The molecule has 3 nitrogen and oxygen atoms in total. The first kappa shape index (κ1) is 13.8. The van der Waals surface area contributed by atoms with Crippen LogP contribution in [0.5, 0.6) is 0 Å². The van der Waals surface area contributed by atoms with Crippen molar-refractivity contribution in [1.82, 2.24) is 5.32 Å². The topological polar surface area (TPSA) is 55.1 Å². The highest BCUT2D eigenvalue weighted by atomic mass is 32.1. The number of nitrogens with two attached hydrogens (primary N) is 1. The first-order chi connectivity index (χ1) is 8.52. The third kappa shape index (κ3) is 2.68. The Bertz CT molecular complexity index is 345. The van der Waals surface area contributed by atoms with E-state index in [2.05, 4.69) is 12.2 Å². The van der Waals surface area contributed by atoms with E-state index in [4.69, 9.17) is 18.0 Å². The van der Waals surface area contributed by atoms with E-state index in [-0.39, 0.29) is 17.9 Å². The average molecular weight is 268 g/mol. The summed E-state index contributed by atoms with van der Waals surface area (Å²) in [6.07, 6.45) is 6.09. The maximum atomic E-state index is 12.1. The second kappa shape index (κ2) is 5.55. The summed E-state index contributed by atoms with van der Waals surface area (Å²) in [6.45, 7) is 4.08. The Balaban J connectivity index is 1.89. The fourth-order valence-corrected chi connectivity index (χ4v) is 4.13. The van der Waals surface area contributed by atoms with Crippen LogP contribution in [0.4, 0.5) is 0 Å². The number of hydrogen-bond acceptors (Lipinski definition) is 2. The van der Waals surface area contributed by atoms with Crippen molar-refractivity contribution in [2.45, 2.75) is 52.0 Å². The monoisotopic (exact) mass is 268 g/mol. The molecule has 0 aromatic rings. The first-order valence-electron chi connectivity index (χ1n) is 7.12. The van der Waals surface area contributed by atoms with Crippen LogP contribution in [0, 0.1) is 23.7 Å². The van der Waals surface area contributed by atoms with Crippen molar-refractivity contribution in [2.24, 2.45) is 29.4 Å². The summed E-state index contributed by atoms with van der Waals surface area (Å²) in [7, 11) is 0. The molecule has 2 bridgehead atoms. The van der Waals surface area contributed by atoms with Gasteiger partial charge < -0.3 is 11.1 Å². The van der Waals surface area contributed by atoms with E-state index in [0.717, 1.165) is 11.8 Å². The molecule has 3 N–H and O–H groups in total. The van der Waals surface area contributed by atoms with Crippen LogP contribution in [0.1, 0.15) is 46.0 Å². The fraction of sp³-hybridized carbons (Fsp3) is 0.857. The third-order valence-corrected chi connectivity index (χ3v) is 5.16. The van der Waals surface area contributed by atoms with Gasteiger partial charge in [0.05, 0.1) is 10.9 Å². The normalized spacial score (nSPS) is 33.1. The van der Waals surface area contributed by atoms with E-state index in [9.17, 15) is 4.79 Å². The lowest BCUT2D eigenvalue weighted by atomic mass is 9.84. The maximum absolute atomic E-state index is 12.1. The number of carbonyl (C=O) groups excluding carboxylic acids is 1. The zero-order chi connectivity index (χ0) is 13.3. The van der Waals surface area contributed by atoms with E-state index in [1.807, 2.05) is 6.92 Å². The Hall–Kier alpha value is -0.640. The van der Waals surface area contributed by atoms with Gasteiger partial charge >= 0.3 is 0 Å². The zero-order valence-electron chi connectivity index (χ0n) is 11.3. The molecule has 2 aliphatic carbocycles. The molecule has 0 saturated heterocycles. The van der Waals surface area contributed by atoms with Gasteiger partial charge in [0.1, 0.15) is 0 Å². The van der Waals surface area contributed by atoms with Crippen LogP contribution >= 0.6 is 12.2 Å². The molecule has 0 aromatic carbocycles. The predicted octanol–water partition coefficient (Wildman–Crippen LogP) is 2.24. The van der Waals surface area contributed by atoms with Gasteiger partial charge in [0, 0.05) is 6.04 Å². The summed E-state index contributed by atoms with van der Waals surface area (Å²) in [5.41, 5.74) is 5.61. The van der Waals surface area contributed by atoms with Crippen LogP contribution in [0.15, 0.2) is 0 Å². The van der Waals surface area contributed by atoms with Crippen LogP contribution < -0.4 is 11.1 Å². The van der Waals surface area contributed by atoms with E-state index in [1.165, 1.54) is 25.7 Å². The third-order valence-electron chi connectivity index (χ3n) is 4.87. The van der Waals surface area contributed by atoms with Crippen molar-refractivity contribution in [3.05, 3.63) is 0 Å². The largest absolute Gasteiger partial charge is 0.393 e. The van der Waals surface area contributed by atoms with Crippen LogP contribution in [-0.4, -0.2) is 16.9 Å². The lowest BCUT2D eigenvalue weighted by Crippen LogP contribution is -2.45. The molecule has 2 aliphatic rings. The molecule has 102 valence electrons. The van der Waals surface area contributed by atoms with E-state index < -0.39 is 0 Å². The quantitative estimate of drug-likeness (QED) is 0.752. The Labute approximate surface area is 115 Å². The molecule has 5 atom stereocenters. The van der Waals surface area contributed by atoms with Crippen LogP contribution in [0.2, 0.25) is 0 Å². The molecule has 2 saturated carbocycles. The highest BCUT2D eigenvalue weighted by Crippen LogP contribution is 2.49. The number of fused-ring (bicyclic) bond motifs is 2. The Morgan fingerprint density at radius 2 is 2.17 bits per heavy atom. The molecule has 1 amide bonds. The Kier molecular flexibility index (Phi) is 4.25. The average Bonchev–Trinajstić information content (AvgIpc) is 2.90. The summed E-state index contributed by atoms with van der Waals surface area (Å²) >= 11 is 4.95. The van der Waals surface area contributed by atoms with Gasteiger partial charge in [-0.15, -0.1) is 0 Å². The summed E-state index contributed by atoms with van der Waals surface area (Å²) in [5.74, 6) is 2.12. The summed E-state index contributed by atoms with van der Waals surface area (Å²) < 4.78 is 0. The number of rotatable bonds is 5. The van der Waals surface area contributed by atoms with E-state index >= 15 is 0 Å². The van der Waals surface area contributed by atoms with Gasteiger partial charge in [-0.3, -0.25) is 4.79 Å². The van der Waals surface area contributed by atoms with Gasteiger partial charge in [-0.05, 0) is 50.4 Å². The molecule has 0 aromatic heterocycles. The van der Waals surface area contributed by atoms with Crippen molar-refractivity contribution in [3.63, 3.8) is 0 Å². The lowest BCUT2D eigenvalue weighted by molar-refractivity contribution is -0.124. The van der Waals surface area contributed by atoms with Crippen molar-refractivity contribution in [3.8, 4) is 0 Å². The lowest BCUT2D eigenvalue weighted by Gasteiger charge is -2.29. The highest BCUT2D eigenvalue weighted by molar-refractivity contribution is 7.80. The van der Waals surface area contributed by atoms with Crippen LogP contribution in [-0.2, 0) is 4.79 Å². The number of hydrogen-bond donors (Lipinski definition) is 2. The molecule has 0 spiro atoms. The van der Waals surface area contributed by atoms with Gasteiger partial charge in [0.2, 0.25) is 5.91 Å². The van der Waals surface area contributed by atoms with Gasteiger partial charge in [0.25, 0.3) is 0 Å². The van der Waals surface area contributed by atoms with Crippen LogP contribution in [0.25, 0.3) is 0 Å². The van der Waals surface area contributed by atoms with Gasteiger partial charge in [-0.1, -0.05) is 25.6 Å². The number of amides is 1. The molecule has 0 radical (unpaired) electrons. The summed E-state index contributed by atoms with van der Waals surface area (Å²) in [5, 5.41) is 3.13. The number of nitrogens with one attached hydrogen (secondary N) is 1. The smallest absolute Gasteiger partial charge is 0.230 e. The number of thiocarbonyl (C=S) groups is 1. The Morgan fingerprint density at radius 1 is 1.44 bits per heavy atom. The molecule has 18 heavy (non-hydrogen) atoms. The molecular weight excluding hydrogens is 244 g/mol. The van der Waals surface area contributed by atoms with E-state index in [0.29, 0.717) is 17.3 Å². The first-order valence-corrected chi connectivity index (χ1v) is 7.53. The van der Waals surface area contributed by atoms with Crippen molar-refractivity contribution >= 4 is 23.1 Å². The molecular formula is C14H24N2OS. The molecule has 0 aliphatic heterocycles. The van der Waals surface area contributed by atoms with E-state index in [1.54, 1.807) is 0 Å². The SMILES string of the molecule is CCC(C(=O)NC(C)C1CC2CCC1C2)C(N)=S. The molecule has 0 heterocycles. The minimum Gasteiger partial charge on any atom is -0.393 e.